The zero-order chi connectivity index (χ0) is 19.2. The van der Waals surface area contributed by atoms with E-state index in [2.05, 4.69) is 52.0 Å². The predicted molar refractivity (Wildman–Crippen MR) is 109 cm³/mol. The minimum absolute atomic E-state index is 0.0485. The molecule has 0 saturated carbocycles. The second-order valence-electron chi connectivity index (χ2n) is 8.54. The fraction of sp³-hybridized carbons (Fsp3) is 0.364. The van der Waals surface area contributed by atoms with E-state index >= 15 is 0 Å². The summed E-state index contributed by atoms with van der Waals surface area (Å²) in [6.45, 7) is 9.27. The fourth-order valence-electron chi connectivity index (χ4n) is 3.68. The van der Waals surface area contributed by atoms with Gasteiger partial charge in [0.05, 0.1) is 5.30 Å². The molecular formula is C22H27O3P. The number of fused-ring (bicyclic) bond motifs is 1. The van der Waals surface area contributed by atoms with Crippen molar-refractivity contribution >= 4 is 25.1 Å². The summed E-state index contributed by atoms with van der Waals surface area (Å²) >= 11 is 0. The lowest BCUT2D eigenvalue weighted by Crippen LogP contribution is -2.33. The molecule has 2 aromatic rings. The molecule has 0 bridgehead atoms. The van der Waals surface area contributed by atoms with Gasteiger partial charge in [-0.05, 0) is 58.1 Å². The molecule has 0 spiro atoms. The molecule has 0 atom stereocenters. The van der Waals surface area contributed by atoms with Gasteiger partial charge >= 0.3 is 7.60 Å². The molecule has 0 radical (unpaired) electrons. The molecule has 2 aromatic carbocycles. The molecule has 26 heavy (non-hydrogen) atoms. The van der Waals surface area contributed by atoms with Gasteiger partial charge in [0.2, 0.25) is 0 Å². The van der Waals surface area contributed by atoms with E-state index in [1.807, 2.05) is 6.08 Å². The van der Waals surface area contributed by atoms with Gasteiger partial charge in [-0.3, -0.25) is 4.57 Å². The maximum Gasteiger partial charge on any atom is 0.356 e. The second-order valence-corrected chi connectivity index (χ2v) is 10.1. The summed E-state index contributed by atoms with van der Waals surface area (Å²) in [7, 11) is -4.18. The zero-order valence-electron chi connectivity index (χ0n) is 15.9. The van der Waals surface area contributed by atoms with Gasteiger partial charge in [-0.2, -0.15) is 0 Å². The first-order valence-corrected chi connectivity index (χ1v) is 10.6. The molecule has 0 heterocycles. The molecule has 0 amide bonds. The van der Waals surface area contributed by atoms with E-state index in [1.165, 1.54) is 36.1 Å². The molecule has 0 aromatic heterocycles. The molecule has 0 saturated heterocycles. The molecule has 3 rings (SSSR count). The van der Waals surface area contributed by atoms with Gasteiger partial charge in [0.25, 0.3) is 0 Å². The standard InChI is InChI=1S/C22H27O3P/c1-21(2)13-14-22(3,4)20-15-17(9-12-19(20)21)6-5-16-7-10-18(11-8-16)26(23,24)25/h5-12,15H,13-14H2,1-4H3,(H2,23,24,25). The Morgan fingerprint density at radius 2 is 1.31 bits per heavy atom. The molecule has 1 aliphatic carbocycles. The van der Waals surface area contributed by atoms with Gasteiger partial charge in [-0.25, -0.2) is 0 Å². The Morgan fingerprint density at radius 3 is 1.88 bits per heavy atom. The Kier molecular flexibility index (Phi) is 4.77. The number of hydrogen-bond donors (Lipinski definition) is 2. The minimum atomic E-state index is -4.18. The van der Waals surface area contributed by atoms with Crippen molar-refractivity contribution in [1.82, 2.24) is 0 Å². The van der Waals surface area contributed by atoms with Gasteiger partial charge < -0.3 is 9.79 Å². The number of hydrogen-bond acceptors (Lipinski definition) is 1. The Labute approximate surface area is 155 Å². The normalized spacial score (nSPS) is 18.7. The van der Waals surface area contributed by atoms with Crippen molar-refractivity contribution in [3.8, 4) is 0 Å². The third kappa shape index (κ3) is 3.86. The van der Waals surface area contributed by atoms with E-state index in [0.717, 1.165) is 11.1 Å². The van der Waals surface area contributed by atoms with E-state index < -0.39 is 7.60 Å². The van der Waals surface area contributed by atoms with Crippen molar-refractivity contribution < 1.29 is 14.4 Å². The monoisotopic (exact) mass is 370 g/mol. The molecule has 0 aliphatic heterocycles. The average molecular weight is 370 g/mol. The topological polar surface area (TPSA) is 57.5 Å². The van der Waals surface area contributed by atoms with Crippen LogP contribution in [0.15, 0.2) is 42.5 Å². The van der Waals surface area contributed by atoms with Crippen molar-refractivity contribution in [3.05, 3.63) is 64.7 Å². The number of rotatable bonds is 3. The molecule has 3 nitrogen and oxygen atoms in total. The maximum atomic E-state index is 11.2. The first kappa shape index (κ1) is 19.1. The molecule has 138 valence electrons. The van der Waals surface area contributed by atoms with E-state index in [9.17, 15) is 14.4 Å². The molecule has 1 aliphatic rings. The Balaban J connectivity index is 1.89. The van der Waals surface area contributed by atoms with Gasteiger partial charge in [-0.15, -0.1) is 0 Å². The first-order valence-electron chi connectivity index (χ1n) is 8.98. The number of benzene rings is 2. The Hall–Kier alpha value is -1.67. The van der Waals surface area contributed by atoms with Crippen molar-refractivity contribution in [2.45, 2.75) is 51.4 Å². The van der Waals surface area contributed by atoms with Crippen LogP contribution >= 0.6 is 7.60 Å². The van der Waals surface area contributed by atoms with E-state index in [0.29, 0.717) is 0 Å². The van der Waals surface area contributed by atoms with Crippen LogP contribution in [0.25, 0.3) is 12.2 Å². The van der Waals surface area contributed by atoms with Crippen LogP contribution in [0.3, 0.4) is 0 Å². The SMILES string of the molecule is CC1(C)CCC(C)(C)c2cc(C=Cc3ccc(P(=O)(O)O)cc3)ccc21. The summed E-state index contributed by atoms with van der Waals surface area (Å²) in [6.07, 6.45) is 6.43. The smallest absolute Gasteiger partial charge is 0.321 e. The Morgan fingerprint density at radius 1 is 0.808 bits per heavy atom. The summed E-state index contributed by atoms with van der Waals surface area (Å²) in [4.78, 5) is 18.4. The molecular weight excluding hydrogens is 343 g/mol. The zero-order valence-corrected chi connectivity index (χ0v) is 16.8. The van der Waals surface area contributed by atoms with Crippen LogP contribution < -0.4 is 5.30 Å². The summed E-state index contributed by atoms with van der Waals surface area (Å²) in [6, 6.07) is 13.1. The van der Waals surface area contributed by atoms with Gasteiger partial charge in [0, 0.05) is 0 Å². The molecule has 0 fully saturated rings. The maximum absolute atomic E-state index is 11.2. The molecule has 0 unspecified atom stereocenters. The van der Waals surface area contributed by atoms with E-state index in [-0.39, 0.29) is 16.1 Å². The highest BCUT2D eigenvalue weighted by molar-refractivity contribution is 7.60. The summed E-state index contributed by atoms with van der Waals surface area (Å²) in [5.41, 5.74) is 5.32. The van der Waals surface area contributed by atoms with Gasteiger partial charge in [0.15, 0.2) is 0 Å². The van der Waals surface area contributed by atoms with E-state index in [1.54, 1.807) is 12.1 Å². The summed E-state index contributed by atoms with van der Waals surface area (Å²) in [5, 5.41) is 0.0485. The third-order valence-electron chi connectivity index (χ3n) is 5.57. The lowest BCUT2D eigenvalue weighted by Gasteiger charge is -2.42. The highest BCUT2D eigenvalue weighted by Crippen LogP contribution is 2.46. The Bertz CT molecular complexity index is 886. The van der Waals surface area contributed by atoms with Crippen LogP contribution in [-0.4, -0.2) is 9.79 Å². The van der Waals surface area contributed by atoms with Crippen molar-refractivity contribution in [3.63, 3.8) is 0 Å². The van der Waals surface area contributed by atoms with E-state index in [4.69, 9.17) is 0 Å². The summed E-state index contributed by atoms with van der Waals surface area (Å²) < 4.78 is 11.2. The van der Waals surface area contributed by atoms with Crippen molar-refractivity contribution in [1.29, 1.82) is 0 Å². The minimum Gasteiger partial charge on any atom is -0.321 e. The highest BCUT2D eigenvalue weighted by atomic mass is 31.2. The van der Waals surface area contributed by atoms with Gasteiger partial charge in [0.1, 0.15) is 0 Å². The molecule has 4 heteroatoms. The van der Waals surface area contributed by atoms with Crippen LogP contribution in [0, 0.1) is 0 Å². The van der Waals surface area contributed by atoms with Crippen LogP contribution in [0.2, 0.25) is 0 Å². The second kappa shape index (κ2) is 6.49. The molecule has 2 N–H and O–H groups in total. The predicted octanol–water partition coefficient (Wildman–Crippen LogP) is 5.01. The lowest BCUT2D eigenvalue weighted by molar-refractivity contribution is 0.332. The average Bonchev–Trinajstić information content (AvgIpc) is 2.57. The van der Waals surface area contributed by atoms with Crippen LogP contribution in [0.4, 0.5) is 0 Å². The third-order valence-corrected chi connectivity index (χ3v) is 6.55. The fourth-order valence-corrected chi connectivity index (χ4v) is 4.22. The van der Waals surface area contributed by atoms with Crippen molar-refractivity contribution in [2.75, 3.05) is 0 Å². The van der Waals surface area contributed by atoms with Crippen LogP contribution in [-0.2, 0) is 15.4 Å². The quantitative estimate of drug-likeness (QED) is 0.590. The summed E-state index contributed by atoms with van der Waals surface area (Å²) in [5.74, 6) is 0. The lowest BCUT2D eigenvalue weighted by atomic mass is 9.63. The first-order chi connectivity index (χ1) is 12.0. The van der Waals surface area contributed by atoms with Gasteiger partial charge in [-0.1, -0.05) is 70.2 Å². The van der Waals surface area contributed by atoms with Crippen LogP contribution in [0.5, 0.6) is 0 Å². The largest absolute Gasteiger partial charge is 0.356 e. The highest BCUT2D eigenvalue weighted by Gasteiger charge is 2.36. The van der Waals surface area contributed by atoms with Crippen molar-refractivity contribution in [2.24, 2.45) is 0 Å². The van der Waals surface area contributed by atoms with Crippen LogP contribution in [0.1, 0.15) is 62.8 Å².